The lowest BCUT2D eigenvalue weighted by Crippen LogP contribution is -2.34. The Kier molecular flexibility index (Phi) is 6.21. The molecule has 0 saturated heterocycles. The highest BCUT2D eigenvalue weighted by Gasteiger charge is 2.18. The Morgan fingerprint density at radius 3 is 2.36 bits per heavy atom. The van der Waals surface area contributed by atoms with Crippen molar-refractivity contribution in [2.24, 2.45) is 0 Å². The summed E-state index contributed by atoms with van der Waals surface area (Å²) in [5.74, 6) is -0.404. The van der Waals surface area contributed by atoms with E-state index in [0.717, 1.165) is 11.8 Å². The van der Waals surface area contributed by atoms with E-state index < -0.39 is 15.7 Å². The molecule has 0 saturated carbocycles. The van der Waals surface area contributed by atoms with E-state index in [1.54, 1.807) is 0 Å². The molecule has 0 aliphatic carbocycles. The highest BCUT2D eigenvalue weighted by Crippen LogP contribution is 2.21. The smallest absolute Gasteiger partial charge is 0.252 e. The van der Waals surface area contributed by atoms with Gasteiger partial charge in [0.15, 0.2) is 9.84 Å². The molecule has 2 aromatic rings. The van der Waals surface area contributed by atoms with Gasteiger partial charge >= 0.3 is 0 Å². The van der Waals surface area contributed by atoms with E-state index in [9.17, 15) is 13.2 Å². The Morgan fingerprint density at radius 1 is 1.16 bits per heavy atom. The minimum Gasteiger partial charge on any atom is -0.350 e. The first-order chi connectivity index (χ1) is 11.7. The maximum absolute atomic E-state index is 12.5. The first-order valence-electron chi connectivity index (χ1n) is 7.69. The Morgan fingerprint density at radius 2 is 1.80 bits per heavy atom. The van der Waals surface area contributed by atoms with Gasteiger partial charge in [0, 0.05) is 12.8 Å². The van der Waals surface area contributed by atoms with E-state index in [2.05, 4.69) is 5.32 Å². The molecule has 1 amide bonds. The fourth-order valence-electron chi connectivity index (χ4n) is 2.47. The van der Waals surface area contributed by atoms with Crippen molar-refractivity contribution in [3.8, 4) is 0 Å². The summed E-state index contributed by atoms with van der Waals surface area (Å²) in [7, 11) is 0.453. The van der Waals surface area contributed by atoms with Gasteiger partial charge in [-0.2, -0.15) is 0 Å². The summed E-state index contributed by atoms with van der Waals surface area (Å²) < 4.78 is 23.4. The molecule has 0 radical (unpaired) electrons. The van der Waals surface area contributed by atoms with Crippen molar-refractivity contribution in [3.63, 3.8) is 0 Å². The van der Waals surface area contributed by atoms with Crippen LogP contribution in [-0.2, 0) is 9.84 Å². The Labute approximate surface area is 153 Å². The quantitative estimate of drug-likeness (QED) is 0.836. The number of rotatable bonds is 6. The van der Waals surface area contributed by atoms with Crippen molar-refractivity contribution < 1.29 is 13.2 Å². The maximum atomic E-state index is 12.5. The second-order valence-electron chi connectivity index (χ2n) is 6.01. The molecular weight excluding hydrogens is 360 g/mol. The molecule has 1 atom stereocenters. The van der Waals surface area contributed by atoms with E-state index >= 15 is 0 Å². The second kappa shape index (κ2) is 7.99. The maximum Gasteiger partial charge on any atom is 0.252 e. The predicted octanol–water partition coefficient (Wildman–Crippen LogP) is 2.78. The molecule has 2 aromatic carbocycles. The lowest BCUT2D eigenvalue weighted by molar-refractivity contribution is 0.0942. The fourth-order valence-corrected chi connectivity index (χ4v) is 3.32. The molecule has 1 N–H and O–H groups in total. The van der Waals surface area contributed by atoms with Gasteiger partial charge in [-0.3, -0.25) is 4.79 Å². The monoisotopic (exact) mass is 380 g/mol. The summed E-state index contributed by atoms with van der Waals surface area (Å²) in [4.78, 5) is 14.6. The van der Waals surface area contributed by atoms with Crippen LogP contribution >= 0.6 is 11.6 Å². The summed E-state index contributed by atoms with van der Waals surface area (Å²) in [5.41, 5.74) is 1.22. The molecule has 5 nitrogen and oxygen atoms in total. The predicted molar refractivity (Wildman–Crippen MR) is 99.8 cm³/mol. The minimum absolute atomic E-state index is 0.0120. The van der Waals surface area contributed by atoms with Crippen LogP contribution in [0.5, 0.6) is 0 Å². The van der Waals surface area contributed by atoms with Gasteiger partial charge in [-0.25, -0.2) is 8.42 Å². The Balaban J connectivity index is 2.19. The number of carbonyl (C=O) groups is 1. The topological polar surface area (TPSA) is 66.5 Å². The van der Waals surface area contributed by atoms with Crippen molar-refractivity contribution in [2.75, 3.05) is 26.9 Å². The lowest BCUT2D eigenvalue weighted by Gasteiger charge is -2.25. The van der Waals surface area contributed by atoms with Crippen molar-refractivity contribution in [2.45, 2.75) is 10.9 Å². The number of sulfone groups is 1. The van der Waals surface area contributed by atoms with E-state index in [4.69, 9.17) is 11.6 Å². The van der Waals surface area contributed by atoms with Crippen LogP contribution in [0.2, 0.25) is 5.02 Å². The molecule has 25 heavy (non-hydrogen) atoms. The molecule has 0 heterocycles. The average molecular weight is 381 g/mol. The largest absolute Gasteiger partial charge is 0.350 e. The number of hydrogen-bond acceptors (Lipinski definition) is 4. The highest BCUT2D eigenvalue weighted by molar-refractivity contribution is 7.90. The molecule has 0 aromatic heterocycles. The molecular formula is C18H21ClN2O3S. The zero-order valence-electron chi connectivity index (χ0n) is 14.4. The van der Waals surface area contributed by atoms with Crippen molar-refractivity contribution in [1.29, 1.82) is 0 Å². The summed E-state index contributed by atoms with van der Waals surface area (Å²) in [6.07, 6.45) is 1.09. The average Bonchev–Trinajstić information content (AvgIpc) is 2.54. The first-order valence-corrected chi connectivity index (χ1v) is 9.96. The zero-order valence-corrected chi connectivity index (χ0v) is 15.9. The molecule has 2 rings (SSSR count). The van der Waals surface area contributed by atoms with Crippen LogP contribution < -0.4 is 5.32 Å². The third-order valence-electron chi connectivity index (χ3n) is 3.87. The van der Waals surface area contributed by atoms with Gasteiger partial charge in [-0.05, 0) is 37.9 Å². The third-order valence-corrected chi connectivity index (χ3v) is 5.31. The molecule has 7 heteroatoms. The molecule has 0 fully saturated rings. The number of halogens is 1. The fraction of sp³-hybridized carbons (Fsp3) is 0.278. The number of likely N-dealkylation sites (N-methyl/N-ethyl adjacent to an activating group) is 1. The number of nitrogens with one attached hydrogen (secondary N) is 1. The molecule has 0 aliphatic heterocycles. The van der Waals surface area contributed by atoms with E-state index in [1.165, 1.54) is 18.2 Å². The second-order valence-corrected chi connectivity index (χ2v) is 8.44. The van der Waals surface area contributed by atoms with Gasteiger partial charge < -0.3 is 10.2 Å². The molecule has 134 valence electrons. The Hall–Kier alpha value is -1.89. The summed E-state index contributed by atoms with van der Waals surface area (Å²) in [6, 6.07) is 13.9. The zero-order chi connectivity index (χ0) is 18.6. The van der Waals surface area contributed by atoms with Gasteiger partial charge in [0.1, 0.15) is 0 Å². The van der Waals surface area contributed by atoms with E-state index in [-0.39, 0.29) is 21.5 Å². The number of benzene rings is 2. The van der Waals surface area contributed by atoms with Crippen molar-refractivity contribution in [3.05, 3.63) is 64.7 Å². The number of amides is 1. The highest BCUT2D eigenvalue weighted by atomic mass is 35.5. The van der Waals surface area contributed by atoms with Crippen LogP contribution in [0.25, 0.3) is 0 Å². The van der Waals surface area contributed by atoms with Crippen molar-refractivity contribution >= 4 is 27.3 Å². The lowest BCUT2D eigenvalue weighted by atomic mass is 10.1. The first kappa shape index (κ1) is 19.4. The molecule has 0 aliphatic rings. The van der Waals surface area contributed by atoms with Crippen LogP contribution in [0.15, 0.2) is 53.4 Å². The molecule has 0 bridgehead atoms. The van der Waals surface area contributed by atoms with Gasteiger partial charge in [0.05, 0.1) is 21.5 Å². The van der Waals surface area contributed by atoms with Crippen LogP contribution in [-0.4, -0.2) is 46.1 Å². The van der Waals surface area contributed by atoms with Crippen LogP contribution in [0.4, 0.5) is 0 Å². The van der Waals surface area contributed by atoms with E-state index in [1.807, 2.05) is 49.3 Å². The minimum atomic E-state index is -3.41. The number of nitrogens with zero attached hydrogens (tertiary/aromatic N) is 1. The number of hydrogen-bond donors (Lipinski definition) is 1. The van der Waals surface area contributed by atoms with Crippen molar-refractivity contribution in [1.82, 2.24) is 10.2 Å². The molecule has 0 spiro atoms. The summed E-state index contributed by atoms with van der Waals surface area (Å²) in [5, 5.41) is 3.05. The van der Waals surface area contributed by atoms with Crippen LogP contribution in [0, 0.1) is 0 Å². The summed E-state index contributed by atoms with van der Waals surface area (Å²) >= 11 is 6.07. The SMILES string of the molecule is CN(C)C(CNC(=O)c1cc(S(C)(=O)=O)ccc1Cl)c1ccccc1. The normalized spacial score (nSPS) is 12.8. The summed E-state index contributed by atoms with van der Waals surface area (Å²) in [6.45, 7) is 0.370. The van der Waals surface area contributed by atoms with Gasteiger partial charge in [-0.1, -0.05) is 41.9 Å². The Bertz CT molecular complexity index is 852. The van der Waals surface area contributed by atoms with Gasteiger partial charge in [0.25, 0.3) is 5.91 Å². The standard InChI is InChI=1S/C18H21ClN2O3S/c1-21(2)17(13-7-5-4-6-8-13)12-20-18(22)15-11-14(25(3,23)24)9-10-16(15)19/h4-11,17H,12H2,1-3H3,(H,20,22). The van der Waals surface area contributed by atoms with Gasteiger partial charge in [-0.15, -0.1) is 0 Å². The van der Waals surface area contributed by atoms with Crippen LogP contribution in [0.1, 0.15) is 22.0 Å². The molecule has 1 unspecified atom stereocenters. The third kappa shape index (κ3) is 5.04. The van der Waals surface area contributed by atoms with Crippen LogP contribution in [0.3, 0.4) is 0 Å². The van der Waals surface area contributed by atoms with Gasteiger partial charge in [0.2, 0.25) is 0 Å². The number of carbonyl (C=O) groups excluding carboxylic acids is 1. The van der Waals surface area contributed by atoms with E-state index in [0.29, 0.717) is 6.54 Å².